The smallest absolute Gasteiger partial charge is 0.129 e. The predicted octanol–water partition coefficient (Wildman–Crippen LogP) is 2.65. The second kappa shape index (κ2) is 7.42. The lowest BCUT2D eigenvalue weighted by Gasteiger charge is -2.30. The molecule has 1 fully saturated rings. The van der Waals surface area contributed by atoms with Crippen LogP contribution in [0.2, 0.25) is 0 Å². The molecule has 0 saturated heterocycles. The van der Waals surface area contributed by atoms with Gasteiger partial charge in [0, 0.05) is 43.5 Å². The lowest BCUT2D eigenvalue weighted by Crippen LogP contribution is -2.27. The normalized spacial score (nSPS) is 19.9. The first-order chi connectivity index (χ1) is 11.2. The van der Waals surface area contributed by atoms with Crippen LogP contribution in [0.25, 0.3) is 0 Å². The van der Waals surface area contributed by atoms with Crippen molar-refractivity contribution in [2.75, 3.05) is 30.4 Å². The molecule has 23 heavy (non-hydrogen) atoms. The molecule has 1 saturated carbocycles. The molecule has 5 heteroatoms. The number of hydrogen-bond acceptors (Lipinski definition) is 5. The van der Waals surface area contributed by atoms with Gasteiger partial charge in [0.2, 0.25) is 0 Å². The Morgan fingerprint density at radius 1 is 1.22 bits per heavy atom. The SMILES string of the molecule is CN(CCCNc1cc(C2CC(O)C2)ncn1)c1ccccc1. The summed E-state index contributed by atoms with van der Waals surface area (Å²) >= 11 is 0. The van der Waals surface area contributed by atoms with Gasteiger partial charge in [0.05, 0.1) is 6.10 Å². The molecule has 1 aliphatic carbocycles. The minimum atomic E-state index is -0.153. The lowest BCUT2D eigenvalue weighted by atomic mass is 9.80. The van der Waals surface area contributed by atoms with Crippen LogP contribution in [0.15, 0.2) is 42.7 Å². The van der Waals surface area contributed by atoms with E-state index in [0.717, 1.165) is 43.9 Å². The van der Waals surface area contributed by atoms with Crippen LogP contribution in [-0.2, 0) is 0 Å². The van der Waals surface area contributed by atoms with Crippen molar-refractivity contribution in [1.82, 2.24) is 9.97 Å². The average molecular weight is 312 g/mol. The molecule has 2 N–H and O–H groups in total. The number of aromatic nitrogens is 2. The van der Waals surface area contributed by atoms with Crippen molar-refractivity contribution in [3.05, 3.63) is 48.4 Å². The Bertz CT molecular complexity index is 613. The van der Waals surface area contributed by atoms with E-state index in [2.05, 4.69) is 51.5 Å². The van der Waals surface area contributed by atoms with E-state index in [1.807, 2.05) is 12.1 Å². The fourth-order valence-corrected chi connectivity index (χ4v) is 2.87. The third kappa shape index (κ3) is 4.20. The number of aliphatic hydroxyl groups excluding tert-OH is 1. The van der Waals surface area contributed by atoms with Crippen molar-refractivity contribution in [3.8, 4) is 0 Å². The molecule has 0 atom stereocenters. The summed E-state index contributed by atoms with van der Waals surface area (Å²) in [6.45, 7) is 1.87. The van der Waals surface area contributed by atoms with E-state index < -0.39 is 0 Å². The van der Waals surface area contributed by atoms with Crippen molar-refractivity contribution in [2.45, 2.75) is 31.3 Å². The standard InChI is InChI=1S/C18H24N4O/c1-22(15-6-3-2-4-7-15)9-5-8-19-18-12-17(20-13-21-18)14-10-16(23)11-14/h2-4,6-7,12-14,16,23H,5,8-11H2,1H3,(H,19,20,21). The van der Waals surface area contributed by atoms with E-state index in [1.54, 1.807) is 6.33 Å². The Labute approximate surface area is 137 Å². The zero-order chi connectivity index (χ0) is 16.1. The third-order valence-electron chi connectivity index (χ3n) is 4.39. The van der Waals surface area contributed by atoms with Crippen LogP contribution in [-0.4, -0.2) is 41.3 Å². The van der Waals surface area contributed by atoms with Crippen LogP contribution in [0.5, 0.6) is 0 Å². The second-order valence-electron chi connectivity index (χ2n) is 6.19. The minimum Gasteiger partial charge on any atom is -0.393 e. The van der Waals surface area contributed by atoms with Gasteiger partial charge in [-0.2, -0.15) is 0 Å². The maximum absolute atomic E-state index is 9.40. The van der Waals surface area contributed by atoms with Gasteiger partial charge in [-0.15, -0.1) is 0 Å². The van der Waals surface area contributed by atoms with E-state index in [0.29, 0.717) is 5.92 Å². The number of aliphatic hydroxyl groups is 1. The van der Waals surface area contributed by atoms with Gasteiger partial charge in [-0.1, -0.05) is 18.2 Å². The van der Waals surface area contributed by atoms with Gasteiger partial charge in [0.1, 0.15) is 12.1 Å². The minimum absolute atomic E-state index is 0.153. The summed E-state index contributed by atoms with van der Waals surface area (Å²) in [5.41, 5.74) is 2.27. The van der Waals surface area contributed by atoms with E-state index >= 15 is 0 Å². The molecule has 0 spiro atoms. The molecular weight excluding hydrogens is 288 g/mol. The zero-order valence-corrected chi connectivity index (χ0v) is 13.5. The van der Waals surface area contributed by atoms with Gasteiger partial charge in [0.25, 0.3) is 0 Å². The molecule has 0 aliphatic heterocycles. The fourth-order valence-electron chi connectivity index (χ4n) is 2.87. The van der Waals surface area contributed by atoms with Crippen LogP contribution in [0.1, 0.15) is 30.9 Å². The van der Waals surface area contributed by atoms with Crippen molar-refractivity contribution in [3.63, 3.8) is 0 Å². The molecule has 0 bridgehead atoms. The largest absolute Gasteiger partial charge is 0.393 e. The Morgan fingerprint density at radius 3 is 2.74 bits per heavy atom. The molecule has 122 valence electrons. The number of para-hydroxylation sites is 1. The Balaban J connectivity index is 1.43. The molecule has 1 aliphatic rings. The second-order valence-corrected chi connectivity index (χ2v) is 6.19. The molecule has 2 aromatic rings. The highest BCUT2D eigenvalue weighted by Gasteiger charge is 2.29. The number of benzene rings is 1. The molecule has 0 unspecified atom stereocenters. The number of rotatable bonds is 7. The fraction of sp³-hybridized carbons (Fsp3) is 0.444. The quantitative estimate of drug-likeness (QED) is 0.770. The molecule has 1 aromatic carbocycles. The van der Waals surface area contributed by atoms with Gasteiger partial charge >= 0.3 is 0 Å². The Hall–Kier alpha value is -2.14. The number of hydrogen-bond donors (Lipinski definition) is 2. The van der Waals surface area contributed by atoms with Gasteiger partial charge < -0.3 is 15.3 Å². The summed E-state index contributed by atoms with van der Waals surface area (Å²) in [6.07, 6.45) is 4.13. The molecule has 1 heterocycles. The molecule has 5 nitrogen and oxygen atoms in total. The maximum Gasteiger partial charge on any atom is 0.129 e. The van der Waals surface area contributed by atoms with Gasteiger partial charge in [0.15, 0.2) is 0 Å². The topological polar surface area (TPSA) is 61.3 Å². The molecule has 0 radical (unpaired) electrons. The first-order valence-corrected chi connectivity index (χ1v) is 8.22. The van der Waals surface area contributed by atoms with E-state index in [4.69, 9.17) is 0 Å². The Kier molecular flexibility index (Phi) is 5.08. The first kappa shape index (κ1) is 15.7. The number of nitrogens with zero attached hydrogens (tertiary/aromatic N) is 3. The number of anilines is 2. The molecule has 3 rings (SSSR count). The average Bonchev–Trinajstić information content (AvgIpc) is 2.57. The summed E-state index contributed by atoms with van der Waals surface area (Å²) in [6, 6.07) is 12.4. The summed E-state index contributed by atoms with van der Waals surface area (Å²) in [7, 11) is 2.11. The monoisotopic (exact) mass is 312 g/mol. The Morgan fingerprint density at radius 2 is 2.00 bits per heavy atom. The summed E-state index contributed by atoms with van der Waals surface area (Å²) < 4.78 is 0. The van der Waals surface area contributed by atoms with Crippen LogP contribution in [0.4, 0.5) is 11.5 Å². The van der Waals surface area contributed by atoms with Crippen LogP contribution in [0.3, 0.4) is 0 Å². The predicted molar refractivity (Wildman–Crippen MR) is 92.8 cm³/mol. The zero-order valence-electron chi connectivity index (χ0n) is 13.5. The summed E-state index contributed by atoms with van der Waals surface area (Å²) in [5.74, 6) is 1.26. The molecule has 1 aromatic heterocycles. The van der Waals surface area contributed by atoms with Gasteiger partial charge in [-0.05, 0) is 31.4 Å². The molecule has 0 amide bonds. The van der Waals surface area contributed by atoms with Crippen molar-refractivity contribution >= 4 is 11.5 Å². The number of nitrogens with one attached hydrogen (secondary N) is 1. The highest BCUT2D eigenvalue weighted by atomic mass is 16.3. The van der Waals surface area contributed by atoms with Crippen molar-refractivity contribution < 1.29 is 5.11 Å². The van der Waals surface area contributed by atoms with E-state index in [-0.39, 0.29) is 6.10 Å². The molecular formula is C18H24N4O. The highest BCUT2D eigenvalue weighted by molar-refractivity contribution is 5.45. The summed E-state index contributed by atoms with van der Waals surface area (Å²) in [4.78, 5) is 10.9. The van der Waals surface area contributed by atoms with Crippen LogP contribution in [0, 0.1) is 0 Å². The first-order valence-electron chi connectivity index (χ1n) is 8.22. The van der Waals surface area contributed by atoms with Gasteiger partial charge in [-0.25, -0.2) is 9.97 Å². The maximum atomic E-state index is 9.40. The van der Waals surface area contributed by atoms with E-state index in [1.165, 1.54) is 5.69 Å². The van der Waals surface area contributed by atoms with Crippen LogP contribution < -0.4 is 10.2 Å². The van der Waals surface area contributed by atoms with Crippen molar-refractivity contribution in [2.24, 2.45) is 0 Å². The van der Waals surface area contributed by atoms with Gasteiger partial charge in [-0.3, -0.25) is 0 Å². The highest BCUT2D eigenvalue weighted by Crippen LogP contribution is 2.35. The summed E-state index contributed by atoms with van der Waals surface area (Å²) in [5, 5.41) is 12.8. The van der Waals surface area contributed by atoms with Crippen LogP contribution >= 0.6 is 0 Å². The van der Waals surface area contributed by atoms with Crippen molar-refractivity contribution in [1.29, 1.82) is 0 Å². The van der Waals surface area contributed by atoms with E-state index in [9.17, 15) is 5.11 Å². The third-order valence-corrected chi connectivity index (χ3v) is 4.39. The lowest BCUT2D eigenvalue weighted by molar-refractivity contribution is 0.0732.